The standard InChI is InChI=1S/C42H49ClF3N3O5/c1-26(25-53-36-13-19-48-35-9-4-6-27(2)37(35)36)20-29-21-28-10-11-32(54-33-12-18-47-24-33)23-34(28)40(29)14-16-41(17-15-40,39(51)52-3)49(38(50)42(44,45)46)31-8-5-7-30(43)22-31/h5,7-8,10-11,13,19,22-23,26-27,29,33,47H,4,6,9,12,14-18,20-21,24-25H2,1-3H3/t26-,27-,29+,33-,40?,41?/m1/s1. The number of fused-ring (bicyclic) bond motifs is 3. The van der Waals surface area contributed by atoms with Crippen LogP contribution in [0.3, 0.4) is 0 Å². The molecule has 8 nitrogen and oxygen atoms in total. The van der Waals surface area contributed by atoms with Crippen molar-refractivity contribution in [3.05, 3.63) is 82.1 Å². The number of methoxy groups -OCH3 is 1. The number of benzene rings is 2. The number of aryl methyl sites for hydroxylation is 1. The van der Waals surface area contributed by atoms with E-state index >= 15 is 0 Å². The molecule has 2 heterocycles. The van der Waals surface area contributed by atoms with Gasteiger partial charge in [-0.3, -0.25) is 14.7 Å². The van der Waals surface area contributed by atoms with Crippen molar-refractivity contribution >= 4 is 29.2 Å². The van der Waals surface area contributed by atoms with Gasteiger partial charge in [0.05, 0.1) is 13.7 Å². The van der Waals surface area contributed by atoms with Gasteiger partial charge in [-0.25, -0.2) is 4.79 Å². The Kier molecular flexibility index (Phi) is 10.9. The van der Waals surface area contributed by atoms with Gasteiger partial charge in [0, 0.05) is 34.7 Å². The maximum absolute atomic E-state index is 14.4. The number of hydrogen-bond donors (Lipinski definition) is 1. The van der Waals surface area contributed by atoms with Crippen molar-refractivity contribution in [1.29, 1.82) is 0 Å². The molecule has 2 fully saturated rings. The lowest BCUT2D eigenvalue weighted by atomic mass is 9.59. The number of anilines is 1. The van der Waals surface area contributed by atoms with Crippen LogP contribution in [-0.2, 0) is 32.6 Å². The van der Waals surface area contributed by atoms with Gasteiger partial charge in [0.2, 0.25) is 0 Å². The highest BCUT2D eigenvalue weighted by Gasteiger charge is 2.60. The van der Waals surface area contributed by atoms with Crippen LogP contribution in [-0.4, -0.2) is 61.5 Å². The maximum atomic E-state index is 14.4. The minimum Gasteiger partial charge on any atom is -0.493 e. The number of nitrogens with zero attached hydrogens (tertiary/aromatic N) is 2. The fourth-order valence-corrected chi connectivity index (χ4v) is 10.0. The topological polar surface area (TPSA) is 90.0 Å². The molecule has 4 aliphatic rings. The molecule has 1 spiro atoms. The quantitative estimate of drug-likeness (QED) is 0.207. The molecule has 3 aromatic rings. The first-order valence-corrected chi connectivity index (χ1v) is 19.6. The van der Waals surface area contributed by atoms with Gasteiger partial charge in [0.1, 0.15) is 23.1 Å². The van der Waals surface area contributed by atoms with E-state index in [1.165, 1.54) is 35.4 Å². The molecular formula is C42H49ClF3N3O5. The van der Waals surface area contributed by atoms with E-state index in [0.29, 0.717) is 30.3 Å². The first-order valence-electron chi connectivity index (χ1n) is 19.2. The molecule has 0 unspecified atom stereocenters. The van der Waals surface area contributed by atoms with Crippen molar-refractivity contribution in [3.63, 3.8) is 0 Å². The molecule has 1 amide bonds. The van der Waals surface area contributed by atoms with E-state index in [2.05, 4.69) is 36.3 Å². The van der Waals surface area contributed by atoms with E-state index in [1.807, 2.05) is 18.3 Å². The Balaban J connectivity index is 1.21. The number of hydrogen-bond acceptors (Lipinski definition) is 7. The molecule has 7 rings (SSSR count). The van der Waals surface area contributed by atoms with Gasteiger partial charge in [-0.2, -0.15) is 13.2 Å². The van der Waals surface area contributed by atoms with Gasteiger partial charge in [-0.1, -0.05) is 37.6 Å². The molecule has 0 radical (unpaired) electrons. The number of amides is 1. The van der Waals surface area contributed by atoms with E-state index in [1.54, 1.807) is 0 Å². The second kappa shape index (κ2) is 15.4. The van der Waals surface area contributed by atoms with Crippen LogP contribution in [0.2, 0.25) is 5.02 Å². The highest BCUT2D eigenvalue weighted by Crippen LogP contribution is 2.58. The Morgan fingerprint density at radius 3 is 2.59 bits per heavy atom. The predicted molar refractivity (Wildman–Crippen MR) is 200 cm³/mol. The van der Waals surface area contributed by atoms with E-state index in [0.717, 1.165) is 81.5 Å². The van der Waals surface area contributed by atoms with Crippen molar-refractivity contribution in [3.8, 4) is 11.5 Å². The number of pyridine rings is 1. The van der Waals surface area contributed by atoms with Crippen LogP contribution in [0.15, 0.2) is 54.7 Å². The summed E-state index contributed by atoms with van der Waals surface area (Å²) in [6.45, 7) is 6.56. The number of halogens is 4. The zero-order valence-electron chi connectivity index (χ0n) is 31.1. The van der Waals surface area contributed by atoms with Crippen molar-refractivity contribution in [1.82, 2.24) is 10.3 Å². The third-order valence-electron chi connectivity index (χ3n) is 12.4. The molecular weight excluding hydrogens is 719 g/mol. The molecule has 0 bridgehead atoms. The van der Waals surface area contributed by atoms with E-state index < -0.39 is 29.0 Å². The van der Waals surface area contributed by atoms with Crippen molar-refractivity contribution in [2.45, 2.75) is 107 Å². The van der Waals surface area contributed by atoms with Crippen LogP contribution in [0.5, 0.6) is 11.5 Å². The summed E-state index contributed by atoms with van der Waals surface area (Å²) >= 11 is 6.25. The van der Waals surface area contributed by atoms with Crippen molar-refractivity contribution in [2.24, 2.45) is 11.8 Å². The third-order valence-corrected chi connectivity index (χ3v) is 12.7. The second-order valence-corrected chi connectivity index (χ2v) is 16.3. The van der Waals surface area contributed by atoms with Crippen LogP contribution in [0.1, 0.15) is 93.5 Å². The van der Waals surface area contributed by atoms with E-state index in [-0.39, 0.29) is 41.5 Å². The molecule has 1 saturated carbocycles. The Morgan fingerprint density at radius 2 is 1.89 bits per heavy atom. The van der Waals surface area contributed by atoms with E-state index in [9.17, 15) is 22.8 Å². The molecule has 4 atom stereocenters. The summed E-state index contributed by atoms with van der Waals surface area (Å²) in [7, 11) is 1.15. The molecule has 1 saturated heterocycles. The SMILES string of the molecule is COC(=O)C1(N(C(=O)C(F)(F)F)c2cccc(Cl)c2)CCC2(CC1)c1cc(O[C@@H]3CCNC3)ccc1C[C@@H]2C[C@@H](C)COc1ccnc2c1[C@H](C)CCC2. The number of carbonyl (C=O) groups is 2. The smallest absolute Gasteiger partial charge is 0.471 e. The number of esters is 1. The number of rotatable bonds is 10. The van der Waals surface area contributed by atoms with Crippen LogP contribution >= 0.6 is 11.6 Å². The van der Waals surface area contributed by atoms with Crippen LogP contribution in [0.4, 0.5) is 18.9 Å². The largest absolute Gasteiger partial charge is 0.493 e. The molecule has 290 valence electrons. The molecule has 3 aliphatic carbocycles. The lowest BCUT2D eigenvalue weighted by molar-refractivity contribution is -0.174. The summed E-state index contributed by atoms with van der Waals surface area (Å²) in [5.41, 5.74) is 2.10. The van der Waals surface area contributed by atoms with Crippen LogP contribution in [0.25, 0.3) is 0 Å². The lowest BCUT2D eigenvalue weighted by Crippen LogP contribution is -2.63. The van der Waals surface area contributed by atoms with E-state index in [4.69, 9.17) is 25.8 Å². The predicted octanol–water partition coefficient (Wildman–Crippen LogP) is 8.51. The molecule has 1 aromatic heterocycles. The first-order chi connectivity index (χ1) is 25.8. The normalized spacial score (nSPS) is 26.8. The average molecular weight is 768 g/mol. The molecule has 2 aromatic carbocycles. The second-order valence-electron chi connectivity index (χ2n) is 15.9. The zero-order valence-corrected chi connectivity index (χ0v) is 31.9. The van der Waals surface area contributed by atoms with Gasteiger partial charge in [0.25, 0.3) is 0 Å². The Morgan fingerprint density at radius 1 is 1.09 bits per heavy atom. The highest BCUT2D eigenvalue weighted by molar-refractivity contribution is 6.31. The number of alkyl halides is 3. The third kappa shape index (κ3) is 7.30. The lowest BCUT2D eigenvalue weighted by Gasteiger charge is -2.51. The molecule has 12 heteroatoms. The Hall–Kier alpha value is -3.83. The molecule has 54 heavy (non-hydrogen) atoms. The fourth-order valence-electron chi connectivity index (χ4n) is 9.83. The monoisotopic (exact) mass is 767 g/mol. The van der Waals surface area contributed by atoms with Crippen LogP contribution in [0, 0.1) is 11.8 Å². The summed E-state index contributed by atoms with van der Waals surface area (Å²) in [6, 6.07) is 13.9. The Bertz CT molecular complexity index is 1860. The summed E-state index contributed by atoms with van der Waals surface area (Å²) in [4.78, 5) is 32.4. The van der Waals surface area contributed by atoms with Crippen LogP contribution < -0.4 is 19.7 Å². The summed E-state index contributed by atoms with van der Waals surface area (Å²) in [6.07, 6.45) is 2.93. The maximum Gasteiger partial charge on any atom is 0.471 e. The van der Waals surface area contributed by atoms with Gasteiger partial charge < -0.3 is 19.5 Å². The highest BCUT2D eigenvalue weighted by atomic mass is 35.5. The number of ether oxygens (including phenoxy) is 3. The summed E-state index contributed by atoms with van der Waals surface area (Å²) in [5.74, 6) is -0.735. The van der Waals surface area contributed by atoms with Gasteiger partial charge in [0.15, 0.2) is 0 Å². The van der Waals surface area contributed by atoms with Crippen molar-refractivity contribution in [2.75, 3.05) is 31.7 Å². The number of nitrogens with one attached hydrogen (secondary N) is 1. The van der Waals surface area contributed by atoms with Gasteiger partial charge >= 0.3 is 18.1 Å². The molecule has 1 N–H and O–H groups in total. The number of carbonyl (C=O) groups excluding carboxylic acids is 2. The minimum atomic E-state index is -5.25. The number of aromatic nitrogens is 1. The van der Waals surface area contributed by atoms with Gasteiger partial charge in [-0.15, -0.1) is 0 Å². The summed E-state index contributed by atoms with van der Waals surface area (Å²) < 4.78 is 61.3. The average Bonchev–Trinajstić information content (AvgIpc) is 3.77. The van der Waals surface area contributed by atoms with Gasteiger partial charge in [-0.05, 0) is 141 Å². The molecule has 1 aliphatic heterocycles. The summed E-state index contributed by atoms with van der Waals surface area (Å²) in [5, 5.41) is 3.49. The zero-order chi connectivity index (χ0) is 38.3. The van der Waals surface area contributed by atoms with Crippen molar-refractivity contribution < 1.29 is 37.0 Å². The fraction of sp³-hybridized carbons (Fsp3) is 0.548. The first kappa shape index (κ1) is 38.4. The minimum absolute atomic E-state index is 0.0342. The Labute approximate surface area is 320 Å².